The molecule has 1 aromatic carbocycles. The minimum absolute atomic E-state index is 0. The van der Waals surface area contributed by atoms with Crippen molar-refractivity contribution < 1.29 is 9.53 Å². The Labute approximate surface area is 159 Å². The smallest absolute Gasteiger partial charge is 0.274 e. The molecular weight excluding hydrogens is 352 g/mol. The predicted octanol–water partition coefficient (Wildman–Crippen LogP) is 2.62. The summed E-state index contributed by atoms with van der Waals surface area (Å²) in [6, 6.07) is 7.89. The molecule has 2 aromatic rings. The topological polar surface area (TPSA) is 84.2 Å². The Balaban J connectivity index is 0.00000196. The van der Waals surface area contributed by atoms with E-state index in [0.29, 0.717) is 23.4 Å². The number of nitrogens with two attached hydrogens (primary N) is 1. The lowest BCUT2D eigenvalue weighted by atomic mass is 9.98. The molecule has 2 fully saturated rings. The molecule has 140 valence electrons. The van der Waals surface area contributed by atoms with Crippen LogP contribution in [0.4, 0.5) is 0 Å². The molecule has 0 radical (unpaired) electrons. The molecule has 1 amide bonds. The van der Waals surface area contributed by atoms with Crippen LogP contribution >= 0.6 is 12.4 Å². The Bertz CT molecular complexity index is 807. The number of amides is 1. The number of carbonyl (C=O) groups excluding carboxylic acids is 1. The van der Waals surface area contributed by atoms with Gasteiger partial charge in [-0.05, 0) is 43.7 Å². The first-order chi connectivity index (χ1) is 12.1. The summed E-state index contributed by atoms with van der Waals surface area (Å²) in [5, 5.41) is 0. The molecule has 2 heterocycles. The second-order valence-corrected chi connectivity index (χ2v) is 7.17. The van der Waals surface area contributed by atoms with Crippen molar-refractivity contribution in [2.24, 2.45) is 17.6 Å². The summed E-state index contributed by atoms with van der Waals surface area (Å²) in [5.41, 5.74) is 8.39. The number of rotatable bonds is 3. The third-order valence-corrected chi connectivity index (χ3v) is 5.63. The lowest BCUT2D eigenvalue weighted by molar-refractivity contribution is 0.0773. The fourth-order valence-corrected chi connectivity index (χ4v) is 4.20. The lowest BCUT2D eigenvalue weighted by Gasteiger charge is -2.18. The van der Waals surface area contributed by atoms with E-state index in [0.717, 1.165) is 42.9 Å². The average Bonchev–Trinajstić information content (AvgIpc) is 3.30. The summed E-state index contributed by atoms with van der Waals surface area (Å²) >= 11 is 0. The molecule has 26 heavy (non-hydrogen) atoms. The first-order valence-corrected chi connectivity index (χ1v) is 8.82. The van der Waals surface area contributed by atoms with Crippen molar-refractivity contribution in [1.29, 1.82) is 0 Å². The van der Waals surface area contributed by atoms with Gasteiger partial charge in [0.15, 0.2) is 0 Å². The summed E-state index contributed by atoms with van der Waals surface area (Å²) in [6.45, 7) is 3.45. The van der Waals surface area contributed by atoms with Crippen LogP contribution in [-0.2, 0) is 0 Å². The van der Waals surface area contributed by atoms with Crippen LogP contribution in [0.2, 0.25) is 0 Å². The fourth-order valence-electron chi connectivity index (χ4n) is 4.20. The third kappa shape index (κ3) is 3.19. The average molecular weight is 377 g/mol. The molecule has 4 rings (SSSR count). The number of benzene rings is 1. The van der Waals surface area contributed by atoms with Gasteiger partial charge in [-0.25, -0.2) is 4.98 Å². The molecule has 6 nitrogen and oxygen atoms in total. The summed E-state index contributed by atoms with van der Waals surface area (Å²) in [4.78, 5) is 22.7. The maximum Gasteiger partial charge on any atom is 0.274 e. The maximum atomic E-state index is 13.0. The number of aromatic amines is 1. The van der Waals surface area contributed by atoms with E-state index in [9.17, 15) is 4.79 Å². The van der Waals surface area contributed by atoms with E-state index in [1.807, 2.05) is 36.1 Å². The Morgan fingerprint density at radius 3 is 2.88 bits per heavy atom. The molecule has 3 unspecified atom stereocenters. The number of H-pyrrole nitrogens is 1. The number of imidazole rings is 1. The number of likely N-dealkylation sites (tertiary alicyclic amines) is 1. The second kappa shape index (κ2) is 7.29. The van der Waals surface area contributed by atoms with Gasteiger partial charge in [0.05, 0.1) is 7.11 Å². The van der Waals surface area contributed by atoms with Crippen LogP contribution < -0.4 is 10.5 Å². The zero-order chi connectivity index (χ0) is 17.6. The van der Waals surface area contributed by atoms with E-state index in [-0.39, 0.29) is 24.4 Å². The molecule has 0 bridgehead atoms. The van der Waals surface area contributed by atoms with Gasteiger partial charge < -0.3 is 20.4 Å². The zero-order valence-electron chi connectivity index (χ0n) is 15.1. The van der Waals surface area contributed by atoms with Gasteiger partial charge in [0.2, 0.25) is 0 Å². The highest BCUT2D eigenvalue weighted by Gasteiger charge is 2.43. The van der Waals surface area contributed by atoms with Crippen molar-refractivity contribution in [3.05, 3.63) is 35.7 Å². The Morgan fingerprint density at radius 1 is 1.35 bits per heavy atom. The molecule has 1 aliphatic carbocycles. The highest BCUT2D eigenvalue weighted by molar-refractivity contribution is 5.94. The molecule has 1 saturated carbocycles. The van der Waals surface area contributed by atoms with Crippen LogP contribution in [0.1, 0.15) is 29.0 Å². The van der Waals surface area contributed by atoms with Crippen molar-refractivity contribution in [2.75, 3.05) is 20.2 Å². The summed E-state index contributed by atoms with van der Waals surface area (Å²) in [5.74, 6) is 2.46. The second-order valence-electron chi connectivity index (χ2n) is 7.17. The number of nitrogens with zero attached hydrogens (tertiary/aromatic N) is 2. The van der Waals surface area contributed by atoms with E-state index < -0.39 is 0 Å². The minimum Gasteiger partial charge on any atom is -0.497 e. The first-order valence-electron chi connectivity index (χ1n) is 8.82. The number of carbonyl (C=O) groups is 1. The SMILES string of the molecule is COc1cccc(-c2nc(C(=O)N3CC4CCC(N)C4C3)c(C)[nH]2)c1.Cl. The zero-order valence-corrected chi connectivity index (χ0v) is 15.9. The van der Waals surface area contributed by atoms with Gasteiger partial charge in [0.25, 0.3) is 5.91 Å². The number of ether oxygens (including phenoxy) is 1. The number of hydrogen-bond acceptors (Lipinski definition) is 4. The van der Waals surface area contributed by atoms with Crippen LogP contribution in [0.25, 0.3) is 11.4 Å². The van der Waals surface area contributed by atoms with Crippen LogP contribution in [0.3, 0.4) is 0 Å². The van der Waals surface area contributed by atoms with E-state index in [1.165, 1.54) is 0 Å². The quantitative estimate of drug-likeness (QED) is 0.862. The minimum atomic E-state index is 0. The Morgan fingerprint density at radius 2 is 2.15 bits per heavy atom. The van der Waals surface area contributed by atoms with Crippen molar-refractivity contribution in [2.45, 2.75) is 25.8 Å². The van der Waals surface area contributed by atoms with E-state index in [2.05, 4.69) is 9.97 Å². The molecular formula is C19H25ClN4O2. The van der Waals surface area contributed by atoms with Gasteiger partial charge in [-0.15, -0.1) is 12.4 Å². The highest BCUT2D eigenvalue weighted by atomic mass is 35.5. The van der Waals surface area contributed by atoms with E-state index >= 15 is 0 Å². The van der Waals surface area contributed by atoms with Crippen molar-refractivity contribution in [3.8, 4) is 17.1 Å². The molecule has 7 heteroatoms. The van der Waals surface area contributed by atoms with Gasteiger partial charge in [-0.2, -0.15) is 0 Å². The molecule has 3 atom stereocenters. The summed E-state index contributed by atoms with van der Waals surface area (Å²) in [7, 11) is 1.64. The summed E-state index contributed by atoms with van der Waals surface area (Å²) < 4.78 is 5.27. The molecule has 0 spiro atoms. The number of nitrogens with one attached hydrogen (secondary N) is 1. The van der Waals surface area contributed by atoms with Gasteiger partial charge >= 0.3 is 0 Å². The number of fused-ring (bicyclic) bond motifs is 1. The molecule has 1 aliphatic heterocycles. The number of aryl methyl sites for hydroxylation is 1. The largest absolute Gasteiger partial charge is 0.497 e. The number of aromatic nitrogens is 2. The monoisotopic (exact) mass is 376 g/mol. The van der Waals surface area contributed by atoms with Gasteiger partial charge in [0, 0.05) is 30.4 Å². The fraction of sp³-hybridized carbons (Fsp3) is 0.474. The molecule has 1 saturated heterocycles. The van der Waals surface area contributed by atoms with Crippen LogP contribution in [-0.4, -0.2) is 47.0 Å². The van der Waals surface area contributed by atoms with Crippen molar-refractivity contribution in [3.63, 3.8) is 0 Å². The molecule has 3 N–H and O–H groups in total. The van der Waals surface area contributed by atoms with Gasteiger partial charge in [0.1, 0.15) is 17.3 Å². The first kappa shape index (κ1) is 18.7. The Kier molecular flexibility index (Phi) is 5.25. The van der Waals surface area contributed by atoms with Crippen LogP contribution in [0, 0.1) is 18.8 Å². The maximum absolute atomic E-state index is 13.0. The van der Waals surface area contributed by atoms with Gasteiger partial charge in [-0.3, -0.25) is 4.79 Å². The van der Waals surface area contributed by atoms with Crippen molar-refractivity contribution in [1.82, 2.24) is 14.9 Å². The number of methoxy groups -OCH3 is 1. The Hall–Kier alpha value is -2.05. The number of hydrogen-bond donors (Lipinski definition) is 2. The van der Waals surface area contributed by atoms with E-state index in [4.69, 9.17) is 10.5 Å². The number of halogens is 1. The lowest BCUT2D eigenvalue weighted by Crippen LogP contribution is -2.34. The van der Waals surface area contributed by atoms with Crippen LogP contribution in [0.15, 0.2) is 24.3 Å². The van der Waals surface area contributed by atoms with E-state index in [1.54, 1.807) is 7.11 Å². The normalized spacial score (nSPS) is 24.3. The molecule has 1 aromatic heterocycles. The van der Waals surface area contributed by atoms with Crippen molar-refractivity contribution >= 4 is 18.3 Å². The van der Waals surface area contributed by atoms with Gasteiger partial charge in [-0.1, -0.05) is 12.1 Å². The third-order valence-electron chi connectivity index (χ3n) is 5.63. The molecule has 2 aliphatic rings. The summed E-state index contributed by atoms with van der Waals surface area (Å²) in [6.07, 6.45) is 2.21. The highest BCUT2D eigenvalue weighted by Crippen LogP contribution is 2.37. The standard InChI is InChI=1S/C19H24N4O2.ClH/c1-11-17(19(24)23-9-13-6-7-16(20)15(13)10-23)22-18(21-11)12-4-3-5-14(8-12)25-2;/h3-5,8,13,15-16H,6-7,9-10,20H2,1-2H3,(H,21,22);1H. The van der Waals surface area contributed by atoms with Crippen LogP contribution in [0.5, 0.6) is 5.75 Å². The predicted molar refractivity (Wildman–Crippen MR) is 103 cm³/mol.